The molecule has 0 radical (unpaired) electrons. The maximum Gasteiger partial charge on any atom is 0.359 e. The fraction of sp³-hybridized carbons (Fsp3) is 1.00. The molecule has 0 amide bonds. The Bertz CT molecular complexity index is 201. The van der Waals surface area contributed by atoms with Crippen LogP contribution in [0.25, 0.3) is 0 Å². The van der Waals surface area contributed by atoms with Gasteiger partial charge in [-0.2, -0.15) is 0 Å². The lowest BCUT2D eigenvalue weighted by atomic mass is 10.4. The Morgan fingerprint density at radius 3 is 1.80 bits per heavy atom. The quantitative estimate of drug-likeness (QED) is 0.692. The molecular weight excluding hydrogens is 215 g/mol. The molecule has 0 heterocycles. The minimum Gasteiger partial charge on any atom is -0.380 e. The van der Waals surface area contributed by atoms with Crippen molar-refractivity contribution >= 4 is 7.60 Å². The normalized spacial score (nSPS) is 14.9. The van der Waals surface area contributed by atoms with Crippen LogP contribution in [-0.4, -0.2) is 23.2 Å². The molecule has 0 bridgehead atoms. The number of aliphatic hydroxyl groups is 1. The number of hydrogen-bond donors (Lipinski definition) is 1. The standard InChI is InChI=1S/C10H23O4P/c1-6-7-10(11)15(12,13-8(2)3)14-9(4)5/h8-11H,6-7H2,1-5H3. The zero-order chi connectivity index (χ0) is 12.1. The molecule has 1 atom stereocenters. The van der Waals surface area contributed by atoms with E-state index in [1.807, 2.05) is 6.92 Å². The van der Waals surface area contributed by atoms with Crippen molar-refractivity contribution in [2.75, 3.05) is 0 Å². The molecule has 0 aliphatic carbocycles. The second-order valence-electron chi connectivity index (χ2n) is 4.12. The van der Waals surface area contributed by atoms with Gasteiger partial charge >= 0.3 is 7.60 Å². The first-order chi connectivity index (χ1) is 6.81. The van der Waals surface area contributed by atoms with Crippen molar-refractivity contribution in [3.63, 3.8) is 0 Å². The predicted octanol–water partition coefficient (Wildman–Crippen LogP) is 3.15. The third-order valence-corrected chi connectivity index (χ3v) is 4.05. The SMILES string of the molecule is CCCC(O)P(=O)(OC(C)C)OC(C)C. The Morgan fingerprint density at radius 1 is 1.13 bits per heavy atom. The molecule has 5 heteroatoms. The largest absolute Gasteiger partial charge is 0.380 e. The van der Waals surface area contributed by atoms with Gasteiger partial charge in [0.25, 0.3) is 0 Å². The van der Waals surface area contributed by atoms with E-state index >= 15 is 0 Å². The number of hydrogen-bond acceptors (Lipinski definition) is 4. The summed E-state index contributed by atoms with van der Waals surface area (Å²) in [6, 6.07) is 0. The summed E-state index contributed by atoms with van der Waals surface area (Å²) in [6.45, 7) is 9.01. The van der Waals surface area contributed by atoms with Crippen LogP contribution in [0.2, 0.25) is 0 Å². The maximum atomic E-state index is 12.2. The third-order valence-electron chi connectivity index (χ3n) is 1.63. The zero-order valence-electron chi connectivity index (χ0n) is 10.3. The zero-order valence-corrected chi connectivity index (χ0v) is 11.2. The first kappa shape index (κ1) is 15.1. The van der Waals surface area contributed by atoms with Crippen LogP contribution in [0.1, 0.15) is 47.5 Å². The van der Waals surface area contributed by atoms with E-state index in [2.05, 4.69) is 0 Å². The van der Waals surface area contributed by atoms with Gasteiger partial charge in [0.2, 0.25) is 0 Å². The van der Waals surface area contributed by atoms with E-state index in [4.69, 9.17) is 9.05 Å². The first-order valence-electron chi connectivity index (χ1n) is 5.46. The summed E-state index contributed by atoms with van der Waals surface area (Å²) < 4.78 is 22.7. The monoisotopic (exact) mass is 238 g/mol. The van der Waals surface area contributed by atoms with Crippen LogP contribution in [0.15, 0.2) is 0 Å². The van der Waals surface area contributed by atoms with Crippen LogP contribution < -0.4 is 0 Å². The Balaban J connectivity index is 4.60. The van der Waals surface area contributed by atoms with Gasteiger partial charge in [-0.05, 0) is 34.1 Å². The highest BCUT2D eigenvalue weighted by Crippen LogP contribution is 2.55. The summed E-state index contributed by atoms with van der Waals surface area (Å²) in [5.74, 6) is -1.02. The van der Waals surface area contributed by atoms with Crippen molar-refractivity contribution in [2.24, 2.45) is 0 Å². The average molecular weight is 238 g/mol. The van der Waals surface area contributed by atoms with Gasteiger partial charge in [-0.3, -0.25) is 4.57 Å². The van der Waals surface area contributed by atoms with Gasteiger partial charge in [0, 0.05) is 0 Å². The Kier molecular flexibility index (Phi) is 6.69. The molecule has 0 saturated heterocycles. The summed E-state index contributed by atoms with van der Waals surface area (Å²) in [5.41, 5.74) is 0. The van der Waals surface area contributed by atoms with Crippen LogP contribution in [0, 0.1) is 0 Å². The van der Waals surface area contributed by atoms with Gasteiger partial charge < -0.3 is 14.2 Å². The second kappa shape index (κ2) is 6.64. The smallest absolute Gasteiger partial charge is 0.359 e. The highest BCUT2D eigenvalue weighted by atomic mass is 31.2. The van der Waals surface area contributed by atoms with E-state index in [1.54, 1.807) is 27.7 Å². The van der Waals surface area contributed by atoms with Gasteiger partial charge in [0.05, 0.1) is 12.2 Å². The molecule has 92 valence electrons. The van der Waals surface area contributed by atoms with E-state index in [1.165, 1.54) is 0 Å². The minimum atomic E-state index is -3.38. The molecule has 15 heavy (non-hydrogen) atoms. The van der Waals surface area contributed by atoms with Crippen LogP contribution in [-0.2, 0) is 13.6 Å². The number of rotatable bonds is 7. The van der Waals surface area contributed by atoms with Crippen molar-refractivity contribution in [3.05, 3.63) is 0 Å². The molecule has 0 aromatic heterocycles. The molecule has 0 fully saturated rings. The summed E-state index contributed by atoms with van der Waals surface area (Å²) in [7, 11) is -3.38. The lowest BCUT2D eigenvalue weighted by Crippen LogP contribution is -2.17. The molecule has 0 aromatic rings. The topological polar surface area (TPSA) is 55.8 Å². The highest BCUT2D eigenvalue weighted by Gasteiger charge is 2.35. The van der Waals surface area contributed by atoms with E-state index in [0.29, 0.717) is 6.42 Å². The van der Waals surface area contributed by atoms with Gasteiger partial charge in [0.1, 0.15) is 0 Å². The average Bonchev–Trinajstić information content (AvgIpc) is 2.01. The van der Waals surface area contributed by atoms with Crippen molar-refractivity contribution in [1.82, 2.24) is 0 Å². The van der Waals surface area contributed by atoms with Gasteiger partial charge in [-0.1, -0.05) is 13.3 Å². The molecular formula is C10H23O4P. The molecule has 1 N–H and O–H groups in total. The molecule has 0 saturated carbocycles. The predicted molar refractivity (Wildman–Crippen MR) is 61.0 cm³/mol. The fourth-order valence-corrected chi connectivity index (χ4v) is 3.25. The highest BCUT2D eigenvalue weighted by molar-refractivity contribution is 7.54. The maximum absolute atomic E-state index is 12.2. The van der Waals surface area contributed by atoms with Crippen LogP contribution >= 0.6 is 7.60 Å². The van der Waals surface area contributed by atoms with Crippen molar-refractivity contribution in [2.45, 2.75) is 65.5 Å². The van der Waals surface area contributed by atoms with Crippen molar-refractivity contribution in [1.29, 1.82) is 0 Å². The van der Waals surface area contributed by atoms with Crippen molar-refractivity contribution in [3.8, 4) is 0 Å². The molecule has 0 rings (SSSR count). The van der Waals surface area contributed by atoms with E-state index in [0.717, 1.165) is 6.42 Å². The number of aliphatic hydroxyl groups excluding tert-OH is 1. The molecule has 1 unspecified atom stereocenters. The minimum absolute atomic E-state index is 0.221. The van der Waals surface area contributed by atoms with E-state index in [9.17, 15) is 9.67 Å². The summed E-state index contributed by atoms with van der Waals surface area (Å²) >= 11 is 0. The molecule has 0 aromatic carbocycles. The molecule has 0 aliphatic rings. The fourth-order valence-electron chi connectivity index (χ4n) is 1.17. The Labute approximate surface area is 92.5 Å². The van der Waals surface area contributed by atoms with Crippen LogP contribution in [0.5, 0.6) is 0 Å². The van der Waals surface area contributed by atoms with Crippen molar-refractivity contribution < 1.29 is 18.7 Å². The third kappa shape index (κ3) is 5.67. The summed E-state index contributed by atoms with van der Waals surface area (Å²) in [4.78, 5) is 0. The Morgan fingerprint density at radius 2 is 1.53 bits per heavy atom. The first-order valence-corrected chi connectivity index (χ1v) is 7.07. The Hall–Kier alpha value is 0.110. The second-order valence-corrected chi connectivity index (χ2v) is 6.21. The van der Waals surface area contributed by atoms with Gasteiger partial charge in [-0.15, -0.1) is 0 Å². The van der Waals surface area contributed by atoms with Crippen LogP contribution in [0.4, 0.5) is 0 Å². The van der Waals surface area contributed by atoms with E-state index in [-0.39, 0.29) is 12.2 Å². The van der Waals surface area contributed by atoms with E-state index < -0.39 is 13.4 Å². The molecule has 4 nitrogen and oxygen atoms in total. The summed E-state index contributed by atoms with van der Waals surface area (Å²) in [6.07, 6.45) is 0.729. The van der Waals surface area contributed by atoms with Crippen LogP contribution in [0.3, 0.4) is 0 Å². The summed E-state index contributed by atoms with van der Waals surface area (Å²) in [5, 5.41) is 9.75. The lowest BCUT2D eigenvalue weighted by molar-refractivity contribution is 0.0979. The van der Waals surface area contributed by atoms with Gasteiger partial charge in [0.15, 0.2) is 5.85 Å². The molecule has 0 aliphatic heterocycles. The van der Waals surface area contributed by atoms with Gasteiger partial charge in [-0.25, -0.2) is 0 Å². The molecule has 0 spiro atoms. The lowest BCUT2D eigenvalue weighted by Gasteiger charge is -2.26.